The Hall–Kier alpha value is -2.96. The molecule has 2 aromatic carbocycles. The predicted molar refractivity (Wildman–Crippen MR) is 113 cm³/mol. The fraction of sp³-hybridized carbons (Fsp3) is 0.190. The van der Waals surface area contributed by atoms with Crippen molar-refractivity contribution in [3.63, 3.8) is 0 Å². The Morgan fingerprint density at radius 3 is 2.57 bits per heavy atom. The quantitative estimate of drug-likeness (QED) is 0.664. The van der Waals surface area contributed by atoms with Crippen molar-refractivity contribution < 1.29 is 9.59 Å². The van der Waals surface area contributed by atoms with E-state index in [4.69, 9.17) is 11.6 Å². The van der Waals surface area contributed by atoms with Crippen LogP contribution in [0, 0.1) is 0 Å². The van der Waals surface area contributed by atoms with E-state index in [0.717, 1.165) is 10.9 Å². The smallest absolute Gasteiger partial charge is 0.241 e. The number of hydrogen-bond acceptors (Lipinski definition) is 4. The van der Waals surface area contributed by atoms with Crippen LogP contribution in [0.25, 0.3) is 10.9 Å². The molecule has 6 nitrogen and oxygen atoms in total. The summed E-state index contributed by atoms with van der Waals surface area (Å²) in [5.41, 5.74) is 2.04. The molecule has 2 N–H and O–H groups in total. The van der Waals surface area contributed by atoms with Crippen molar-refractivity contribution in [2.45, 2.75) is 13.0 Å². The number of hydrogen-bond donors (Lipinski definition) is 2. The van der Waals surface area contributed by atoms with Gasteiger partial charge in [-0.05, 0) is 50.4 Å². The third-order valence-corrected chi connectivity index (χ3v) is 4.81. The van der Waals surface area contributed by atoms with Gasteiger partial charge >= 0.3 is 0 Å². The number of nitrogens with one attached hydrogen (secondary N) is 2. The third-order valence-electron chi connectivity index (χ3n) is 4.49. The highest BCUT2D eigenvalue weighted by atomic mass is 35.5. The first kappa shape index (κ1) is 19.8. The van der Waals surface area contributed by atoms with Crippen LogP contribution in [-0.2, 0) is 9.59 Å². The molecule has 7 heteroatoms. The summed E-state index contributed by atoms with van der Waals surface area (Å²) >= 11 is 6.06. The van der Waals surface area contributed by atoms with E-state index in [1.54, 1.807) is 49.3 Å². The number of halogens is 1. The number of fused-ring (bicyclic) bond motifs is 1. The molecule has 0 radical (unpaired) electrons. The maximum absolute atomic E-state index is 12.7. The van der Waals surface area contributed by atoms with Gasteiger partial charge in [0.2, 0.25) is 11.8 Å². The van der Waals surface area contributed by atoms with Crippen molar-refractivity contribution in [1.29, 1.82) is 0 Å². The monoisotopic (exact) mass is 396 g/mol. The van der Waals surface area contributed by atoms with Gasteiger partial charge in [-0.2, -0.15) is 0 Å². The highest BCUT2D eigenvalue weighted by molar-refractivity contribution is 6.33. The van der Waals surface area contributed by atoms with Crippen LogP contribution in [-0.4, -0.2) is 41.3 Å². The minimum absolute atomic E-state index is 0.0525. The molecule has 0 aliphatic rings. The normalized spacial score (nSPS) is 12.0. The maximum Gasteiger partial charge on any atom is 0.241 e. The molecule has 2 amide bonds. The summed E-state index contributed by atoms with van der Waals surface area (Å²) < 4.78 is 0. The minimum atomic E-state index is -0.510. The average Bonchev–Trinajstić information content (AvgIpc) is 2.69. The van der Waals surface area contributed by atoms with Gasteiger partial charge in [-0.15, -0.1) is 0 Å². The van der Waals surface area contributed by atoms with Gasteiger partial charge in [0.05, 0.1) is 34.5 Å². The second kappa shape index (κ2) is 8.82. The number of anilines is 2. The van der Waals surface area contributed by atoms with Crippen molar-refractivity contribution in [1.82, 2.24) is 9.88 Å². The lowest BCUT2D eigenvalue weighted by Crippen LogP contribution is -2.43. The van der Waals surface area contributed by atoms with Crippen LogP contribution >= 0.6 is 11.6 Å². The molecule has 3 rings (SSSR count). The van der Waals surface area contributed by atoms with Crippen LogP contribution in [0.3, 0.4) is 0 Å². The van der Waals surface area contributed by atoms with E-state index in [9.17, 15) is 9.59 Å². The van der Waals surface area contributed by atoms with Crippen molar-refractivity contribution >= 4 is 45.7 Å². The molecule has 144 valence electrons. The second-order valence-electron chi connectivity index (χ2n) is 6.48. The van der Waals surface area contributed by atoms with Gasteiger partial charge in [0.15, 0.2) is 0 Å². The van der Waals surface area contributed by atoms with Gasteiger partial charge in [-0.25, -0.2) is 0 Å². The Kier molecular flexibility index (Phi) is 6.23. The van der Waals surface area contributed by atoms with Crippen LogP contribution in [0.5, 0.6) is 0 Å². The van der Waals surface area contributed by atoms with E-state index in [-0.39, 0.29) is 18.4 Å². The summed E-state index contributed by atoms with van der Waals surface area (Å²) in [5.74, 6) is -0.450. The summed E-state index contributed by atoms with van der Waals surface area (Å²) in [7, 11) is 1.72. The number of carbonyl (C=O) groups is 2. The van der Waals surface area contributed by atoms with Crippen molar-refractivity contribution in [3.8, 4) is 0 Å². The van der Waals surface area contributed by atoms with Gasteiger partial charge in [0, 0.05) is 11.6 Å². The maximum atomic E-state index is 12.7. The van der Waals surface area contributed by atoms with E-state index >= 15 is 0 Å². The van der Waals surface area contributed by atoms with Gasteiger partial charge in [0.1, 0.15) is 0 Å². The molecule has 0 saturated heterocycles. The van der Waals surface area contributed by atoms with E-state index in [0.29, 0.717) is 16.4 Å². The number of para-hydroxylation sites is 1. The highest BCUT2D eigenvalue weighted by Crippen LogP contribution is 2.22. The number of carbonyl (C=O) groups excluding carboxylic acids is 2. The molecule has 0 saturated carbocycles. The van der Waals surface area contributed by atoms with Crippen LogP contribution in [0.1, 0.15) is 6.92 Å². The number of rotatable bonds is 6. The van der Waals surface area contributed by atoms with E-state index < -0.39 is 6.04 Å². The number of pyridine rings is 1. The van der Waals surface area contributed by atoms with Gasteiger partial charge in [-0.3, -0.25) is 19.5 Å². The first-order valence-corrected chi connectivity index (χ1v) is 9.22. The molecule has 0 unspecified atom stereocenters. The standard InChI is InChI=1S/C21H21ClN4O2/c1-14(26(2)13-20(27)24-19-9-4-3-8-16(19)22)21(28)25-18-11-5-10-17-15(18)7-6-12-23-17/h3-12,14H,13H2,1-2H3,(H,24,27)(H,25,28)/t14-/m1/s1. The number of amides is 2. The zero-order valence-electron chi connectivity index (χ0n) is 15.6. The van der Waals surface area contributed by atoms with Crippen molar-refractivity contribution in [2.24, 2.45) is 0 Å². The molecule has 0 bridgehead atoms. The average molecular weight is 397 g/mol. The molecule has 0 fully saturated rings. The van der Waals surface area contributed by atoms with Crippen LogP contribution in [0.2, 0.25) is 5.02 Å². The molecule has 3 aromatic rings. The van der Waals surface area contributed by atoms with Crippen LogP contribution in [0.4, 0.5) is 11.4 Å². The molecular weight excluding hydrogens is 376 g/mol. The Bertz CT molecular complexity index is 1000. The first-order valence-electron chi connectivity index (χ1n) is 8.85. The Morgan fingerprint density at radius 2 is 1.79 bits per heavy atom. The zero-order valence-corrected chi connectivity index (χ0v) is 16.4. The fourth-order valence-electron chi connectivity index (χ4n) is 2.77. The molecule has 0 aliphatic heterocycles. The van der Waals surface area contributed by atoms with E-state index in [1.807, 2.05) is 30.3 Å². The zero-order chi connectivity index (χ0) is 20.1. The molecule has 0 spiro atoms. The molecule has 0 aliphatic carbocycles. The van der Waals surface area contributed by atoms with Crippen LogP contribution in [0.15, 0.2) is 60.8 Å². The largest absolute Gasteiger partial charge is 0.324 e. The van der Waals surface area contributed by atoms with Gasteiger partial charge < -0.3 is 10.6 Å². The molecular formula is C21H21ClN4O2. The number of nitrogens with zero attached hydrogens (tertiary/aromatic N) is 2. The fourth-order valence-corrected chi connectivity index (χ4v) is 2.95. The van der Waals surface area contributed by atoms with Crippen molar-refractivity contribution in [3.05, 3.63) is 65.8 Å². The number of benzene rings is 2. The topological polar surface area (TPSA) is 74.3 Å². The molecule has 1 aromatic heterocycles. The van der Waals surface area contributed by atoms with E-state index in [2.05, 4.69) is 15.6 Å². The lowest BCUT2D eigenvalue weighted by atomic mass is 10.1. The lowest BCUT2D eigenvalue weighted by molar-refractivity contribution is -0.122. The summed E-state index contributed by atoms with van der Waals surface area (Å²) in [5, 5.41) is 7.01. The molecule has 1 heterocycles. The minimum Gasteiger partial charge on any atom is -0.324 e. The first-order chi connectivity index (χ1) is 13.5. The summed E-state index contributed by atoms with van der Waals surface area (Å²) in [6.45, 7) is 1.80. The lowest BCUT2D eigenvalue weighted by Gasteiger charge is -2.23. The number of likely N-dealkylation sites (N-methyl/N-ethyl adjacent to an activating group) is 1. The number of aromatic nitrogens is 1. The Balaban J connectivity index is 1.62. The van der Waals surface area contributed by atoms with Crippen LogP contribution < -0.4 is 10.6 Å². The molecule has 28 heavy (non-hydrogen) atoms. The Morgan fingerprint density at radius 1 is 1.04 bits per heavy atom. The predicted octanol–water partition coefficient (Wildman–Crippen LogP) is 3.79. The van der Waals surface area contributed by atoms with Gasteiger partial charge in [0.25, 0.3) is 0 Å². The SMILES string of the molecule is C[C@H](C(=O)Nc1cccc2ncccc12)N(C)CC(=O)Nc1ccccc1Cl. The Labute approximate surface area is 168 Å². The van der Waals surface area contributed by atoms with Gasteiger partial charge in [-0.1, -0.05) is 29.8 Å². The summed E-state index contributed by atoms with van der Waals surface area (Å²) in [6.07, 6.45) is 1.71. The van der Waals surface area contributed by atoms with E-state index in [1.165, 1.54) is 0 Å². The third kappa shape index (κ3) is 4.65. The molecule has 1 atom stereocenters. The summed E-state index contributed by atoms with van der Waals surface area (Å²) in [4.78, 5) is 30.9. The van der Waals surface area contributed by atoms with Crippen molar-refractivity contribution in [2.75, 3.05) is 24.2 Å². The summed E-state index contributed by atoms with van der Waals surface area (Å²) in [6, 6.07) is 15.8. The second-order valence-corrected chi connectivity index (χ2v) is 6.89. The highest BCUT2D eigenvalue weighted by Gasteiger charge is 2.21.